The Labute approximate surface area is 141 Å². The van der Waals surface area contributed by atoms with E-state index < -0.39 is 0 Å². The molecule has 0 amide bonds. The average molecular weight is 314 g/mol. The first-order chi connectivity index (χ1) is 11.3. The zero-order valence-corrected chi connectivity index (χ0v) is 13.2. The predicted molar refractivity (Wildman–Crippen MR) is 94.4 cm³/mol. The van der Waals surface area contributed by atoms with Crippen LogP contribution >= 0.6 is 0 Å². The average Bonchev–Trinajstić information content (AvgIpc) is 2.88. The largest absolute Gasteiger partial charge is 0.412 e. The van der Waals surface area contributed by atoms with Gasteiger partial charge in [-0.2, -0.15) is 5.26 Å². The Hall–Kier alpha value is -2.96. The number of rotatable bonds is 3. The van der Waals surface area contributed by atoms with Crippen molar-refractivity contribution in [3.63, 3.8) is 0 Å². The van der Waals surface area contributed by atoms with E-state index in [1.165, 1.54) is 27.8 Å². The number of pyridine rings is 1. The molecule has 0 fully saturated rings. The van der Waals surface area contributed by atoms with Crippen LogP contribution in [0.1, 0.15) is 23.1 Å². The molecule has 0 atom stereocenters. The Morgan fingerprint density at radius 2 is 1.38 bits per heavy atom. The van der Waals surface area contributed by atoms with Gasteiger partial charge in [0.2, 0.25) is 0 Å². The van der Waals surface area contributed by atoms with Gasteiger partial charge in [-0.1, -0.05) is 48.5 Å². The molecule has 2 aromatic carbocycles. The van der Waals surface area contributed by atoms with Crippen LogP contribution in [-0.2, 0) is 11.8 Å². The Bertz CT molecular complexity index is 851. The van der Waals surface area contributed by atoms with Crippen molar-refractivity contribution in [3.8, 4) is 17.2 Å². The highest BCUT2D eigenvalue weighted by molar-refractivity contribution is 5.81. The van der Waals surface area contributed by atoms with Gasteiger partial charge in [-0.05, 0) is 46.4 Å². The van der Waals surface area contributed by atoms with Crippen molar-refractivity contribution < 1.29 is 5.48 Å². The molecule has 4 rings (SSSR count). The van der Waals surface area contributed by atoms with Crippen molar-refractivity contribution >= 4 is 0 Å². The normalized spacial score (nSPS) is 13.3. The molecule has 24 heavy (non-hydrogen) atoms. The summed E-state index contributed by atoms with van der Waals surface area (Å²) in [6.45, 7) is 0. The molecule has 2 N–H and O–H groups in total. The molecule has 1 aromatic heterocycles. The zero-order valence-electron chi connectivity index (χ0n) is 13.2. The summed E-state index contributed by atoms with van der Waals surface area (Å²) in [7, 11) is 0. The van der Waals surface area contributed by atoms with Crippen molar-refractivity contribution in [3.05, 3.63) is 89.7 Å². The summed E-state index contributed by atoms with van der Waals surface area (Å²) in [6.07, 6.45) is 4.94. The summed E-state index contributed by atoms with van der Waals surface area (Å²) < 4.78 is 0. The third-order valence-electron chi connectivity index (χ3n) is 4.81. The molecule has 0 saturated heterocycles. The van der Waals surface area contributed by atoms with Crippen LogP contribution in [0.4, 0.5) is 0 Å². The minimum absolute atomic E-state index is 0. The smallest absolute Gasteiger partial charge is 0.0634 e. The highest BCUT2D eigenvalue weighted by Gasteiger charge is 2.42. The second-order valence-corrected chi connectivity index (χ2v) is 6.04. The summed E-state index contributed by atoms with van der Waals surface area (Å²) >= 11 is 0. The Morgan fingerprint density at radius 3 is 1.92 bits per heavy atom. The molecule has 3 heteroatoms. The van der Waals surface area contributed by atoms with Crippen LogP contribution in [0.5, 0.6) is 0 Å². The Morgan fingerprint density at radius 1 is 0.833 bits per heavy atom. The van der Waals surface area contributed by atoms with E-state index in [1.807, 2.05) is 24.5 Å². The van der Waals surface area contributed by atoms with Crippen LogP contribution in [-0.4, -0.2) is 10.5 Å². The molecule has 1 aliphatic carbocycles. The topological polar surface area (TPSA) is 68.2 Å². The molecule has 0 unspecified atom stereocenters. The van der Waals surface area contributed by atoms with Crippen molar-refractivity contribution in [2.45, 2.75) is 18.3 Å². The van der Waals surface area contributed by atoms with Gasteiger partial charge in [0, 0.05) is 24.2 Å². The third-order valence-corrected chi connectivity index (χ3v) is 4.81. The van der Waals surface area contributed by atoms with E-state index in [2.05, 4.69) is 59.6 Å². The standard InChI is InChI=1S/C21H16N2.H2O/c22-12-11-21(15-16-9-13-23-14-10-16)19-7-3-1-5-17(19)18-6-2-4-8-20(18)21;/h1-10,13-14H,11,15H2;1H2. The van der Waals surface area contributed by atoms with E-state index in [1.54, 1.807) is 0 Å². The Kier molecular flexibility index (Phi) is 4.16. The number of nitriles is 1. The molecule has 1 aliphatic rings. The first kappa shape index (κ1) is 15.9. The second kappa shape index (κ2) is 6.27. The van der Waals surface area contributed by atoms with Gasteiger partial charge < -0.3 is 5.48 Å². The number of aromatic nitrogens is 1. The predicted octanol–water partition coefficient (Wildman–Crippen LogP) is 3.68. The van der Waals surface area contributed by atoms with Crippen molar-refractivity contribution in [1.29, 1.82) is 5.26 Å². The maximum atomic E-state index is 9.56. The van der Waals surface area contributed by atoms with Crippen LogP contribution in [0.25, 0.3) is 11.1 Å². The number of benzene rings is 2. The lowest BCUT2D eigenvalue weighted by atomic mass is 9.71. The molecule has 3 nitrogen and oxygen atoms in total. The molecule has 0 spiro atoms. The fourth-order valence-corrected chi connectivity index (χ4v) is 3.84. The molecule has 0 bridgehead atoms. The van der Waals surface area contributed by atoms with Crippen molar-refractivity contribution in [1.82, 2.24) is 4.98 Å². The fourth-order valence-electron chi connectivity index (χ4n) is 3.84. The fraction of sp³-hybridized carbons (Fsp3) is 0.143. The van der Waals surface area contributed by atoms with Crippen LogP contribution in [0.15, 0.2) is 73.1 Å². The van der Waals surface area contributed by atoms with Crippen LogP contribution in [0, 0.1) is 11.3 Å². The highest BCUT2D eigenvalue weighted by atomic mass is 16.0. The van der Waals surface area contributed by atoms with Crippen molar-refractivity contribution in [2.75, 3.05) is 0 Å². The maximum Gasteiger partial charge on any atom is 0.0634 e. The number of nitrogens with zero attached hydrogens (tertiary/aromatic N) is 2. The van der Waals surface area contributed by atoms with Crippen molar-refractivity contribution in [2.24, 2.45) is 0 Å². The lowest BCUT2D eigenvalue weighted by Gasteiger charge is -2.30. The van der Waals surface area contributed by atoms with E-state index in [0.717, 1.165) is 6.42 Å². The first-order valence-corrected chi connectivity index (χ1v) is 7.80. The summed E-state index contributed by atoms with van der Waals surface area (Å²) in [5.41, 5.74) is 5.98. The minimum atomic E-state index is -0.275. The monoisotopic (exact) mass is 314 g/mol. The van der Waals surface area contributed by atoms with E-state index in [4.69, 9.17) is 0 Å². The highest BCUT2D eigenvalue weighted by Crippen LogP contribution is 2.52. The van der Waals surface area contributed by atoms with Crippen LogP contribution < -0.4 is 0 Å². The van der Waals surface area contributed by atoms with Gasteiger partial charge in [0.05, 0.1) is 6.07 Å². The van der Waals surface area contributed by atoms with Crippen LogP contribution in [0.2, 0.25) is 0 Å². The lowest BCUT2D eigenvalue weighted by molar-refractivity contribution is 0.536. The van der Waals surface area contributed by atoms with E-state index in [0.29, 0.717) is 6.42 Å². The number of hydrogen-bond donors (Lipinski definition) is 0. The molecular weight excluding hydrogens is 296 g/mol. The van der Waals surface area contributed by atoms with Gasteiger partial charge >= 0.3 is 0 Å². The molecular formula is C21H18N2O. The molecule has 1 heterocycles. The SMILES string of the molecule is N#CCC1(Cc2ccncc2)c2ccccc2-c2ccccc21.O. The summed E-state index contributed by atoms with van der Waals surface area (Å²) in [5, 5.41) is 9.56. The summed E-state index contributed by atoms with van der Waals surface area (Å²) in [6, 6.07) is 23.5. The lowest BCUT2D eigenvalue weighted by Crippen LogP contribution is -2.27. The third kappa shape index (κ3) is 2.29. The molecule has 118 valence electrons. The minimum Gasteiger partial charge on any atom is -0.412 e. The molecule has 0 saturated carbocycles. The van der Waals surface area contributed by atoms with Gasteiger partial charge in [0.1, 0.15) is 0 Å². The van der Waals surface area contributed by atoms with Gasteiger partial charge in [-0.25, -0.2) is 0 Å². The zero-order chi connectivity index (χ0) is 15.7. The van der Waals surface area contributed by atoms with E-state index in [9.17, 15) is 5.26 Å². The molecule has 0 radical (unpaired) electrons. The van der Waals surface area contributed by atoms with E-state index in [-0.39, 0.29) is 10.9 Å². The second-order valence-electron chi connectivity index (χ2n) is 6.04. The maximum absolute atomic E-state index is 9.56. The summed E-state index contributed by atoms with van der Waals surface area (Å²) in [5.74, 6) is 0. The number of hydrogen-bond acceptors (Lipinski definition) is 2. The quantitative estimate of drug-likeness (QED) is 0.740. The molecule has 3 aromatic rings. The number of fused-ring (bicyclic) bond motifs is 3. The first-order valence-electron chi connectivity index (χ1n) is 7.80. The van der Waals surface area contributed by atoms with Gasteiger partial charge in [0.15, 0.2) is 0 Å². The van der Waals surface area contributed by atoms with Gasteiger partial charge in [-0.15, -0.1) is 0 Å². The molecule has 0 aliphatic heterocycles. The van der Waals surface area contributed by atoms with Gasteiger partial charge in [0.25, 0.3) is 0 Å². The Balaban J connectivity index is 0.00000169. The van der Waals surface area contributed by atoms with Crippen LogP contribution in [0.3, 0.4) is 0 Å². The summed E-state index contributed by atoms with van der Waals surface area (Å²) in [4.78, 5) is 4.11. The van der Waals surface area contributed by atoms with Gasteiger partial charge in [-0.3, -0.25) is 4.98 Å². The van der Waals surface area contributed by atoms with E-state index >= 15 is 0 Å².